The molecule has 3 heteroatoms. The Hall–Kier alpha value is -1.22. The van der Waals surface area contributed by atoms with Crippen LogP contribution in [0.15, 0.2) is 48.5 Å². The third-order valence-electron chi connectivity index (χ3n) is 2.56. The van der Waals surface area contributed by atoms with Crippen molar-refractivity contribution in [3.8, 4) is 0 Å². The van der Waals surface area contributed by atoms with Crippen LogP contribution in [0.2, 0.25) is 0 Å². The highest BCUT2D eigenvalue weighted by Gasteiger charge is 2.08. The Labute approximate surface area is 107 Å². The van der Waals surface area contributed by atoms with E-state index in [1.54, 1.807) is 24.3 Å². The summed E-state index contributed by atoms with van der Waals surface area (Å²) in [5.74, 6) is -0.475. The number of benzene rings is 2. The average Bonchev–Trinajstić information content (AvgIpc) is 2.33. The summed E-state index contributed by atoms with van der Waals surface area (Å²) in [6.45, 7) is 0. The highest BCUT2D eigenvalue weighted by molar-refractivity contribution is 9.09. The molecule has 0 aliphatic carbocycles. The molecule has 0 saturated carbocycles. The molecule has 0 fully saturated rings. The summed E-state index contributed by atoms with van der Waals surface area (Å²) in [5, 5.41) is 0. The van der Waals surface area contributed by atoms with E-state index < -0.39 is 0 Å². The average molecular weight is 297 g/mol. The number of alkyl halides is 1. The van der Waals surface area contributed by atoms with Crippen molar-refractivity contribution in [3.05, 3.63) is 71.3 Å². The van der Waals surface area contributed by atoms with Gasteiger partial charge in [0.25, 0.3) is 0 Å². The molecule has 2 aromatic carbocycles. The van der Waals surface area contributed by atoms with E-state index in [4.69, 9.17) is 0 Å². The predicted molar refractivity (Wildman–Crippen MR) is 68.2 cm³/mol. The number of hydrogen-bond acceptors (Lipinski definition) is 0. The van der Waals surface area contributed by atoms with Crippen LogP contribution in [0.1, 0.15) is 16.0 Å². The fraction of sp³-hybridized carbons (Fsp3) is 0.143. The van der Waals surface area contributed by atoms with Crippen LogP contribution in [-0.2, 0) is 6.42 Å². The van der Waals surface area contributed by atoms with Gasteiger partial charge in [-0.1, -0.05) is 40.2 Å². The molecule has 0 saturated heterocycles. The molecule has 0 bridgehead atoms. The van der Waals surface area contributed by atoms with Gasteiger partial charge in [-0.2, -0.15) is 0 Å². The number of rotatable bonds is 3. The second-order valence-corrected chi connectivity index (χ2v) is 4.95. The van der Waals surface area contributed by atoms with Gasteiger partial charge in [0.1, 0.15) is 11.6 Å². The van der Waals surface area contributed by atoms with Crippen LogP contribution < -0.4 is 0 Å². The monoisotopic (exact) mass is 296 g/mol. The van der Waals surface area contributed by atoms with Crippen LogP contribution in [0.4, 0.5) is 8.78 Å². The molecule has 1 atom stereocenters. The molecule has 0 nitrogen and oxygen atoms in total. The van der Waals surface area contributed by atoms with Crippen LogP contribution in [0.25, 0.3) is 0 Å². The Morgan fingerprint density at radius 2 is 1.29 bits per heavy atom. The standard InChI is InChI=1S/C14H11BrF2/c15-14(11-3-7-13(17)8-4-11)9-10-1-5-12(16)6-2-10/h1-8,14H,9H2. The number of hydrogen-bond donors (Lipinski definition) is 0. The molecule has 0 spiro atoms. The zero-order valence-corrected chi connectivity index (χ0v) is 10.6. The van der Waals surface area contributed by atoms with E-state index in [0.29, 0.717) is 0 Å². The Morgan fingerprint density at radius 3 is 1.82 bits per heavy atom. The van der Waals surface area contributed by atoms with Gasteiger partial charge in [0, 0.05) is 4.83 Å². The first-order valence-corrected chi connectivity index (χ1v) is 6.21. The Balaban J connectivity index is 2.08. The molecule has 2 aromatic rings. The van der Waals surface area contributed by atoms with Gasteiger partial charge >= 0.3 is 0 Å². The normalized spacial score (nSPS) is 12.4. The van der Waals surface area contributed by atoms with Crippen LogP contribution in [0, 0.1) is 11.6 Å². The molecule has 0 N–H and O–H groups in total. The summed E-state index contributed by atoms with van der Waals surface area (Å²) in [6, 6.07) is 12.8. The minimum absolute atomic E-state index is 0.105. The smallest absolute Gasteiger partial charge is 0.123 e. The van der Waals surface area contributed by atoms with Gasteiger partial charge in [0.15, 0.2) is 0 Å². The van der Waals surface area contributed by atoms with Gasteiger partial charge in [-0.3, -0.25) is 0 Å². The molecule has 1 unspecified atom stereocenters. The maximum Gasteiger partial charge on any atom is 0.123 e. The first kappa shape index (κ1) is 12.2. The summed E-state index contributed by atoms with van der Waals surface area (Å²) in [7, 11) is 0. The van der Waals surface area contributed by atoms with Crippen molar-refractivity contribution >= 4 is 15.9 Å². The van der Waals surface area contributed by atoms with Crippen molar-refractivity contribution in [2.24, 2.45) is 0 Å². The molecule has 0 aromatic heterocycles. The highest BCUT2D eigenvalue weighted by Crippen LogP contribution is 2.27. The largest absolute Gasteiger partial charge is 0.207 e. The lowest BCUT2D eigenvalue weighted by molar-refractivity contribution is 0.625. The molecule has 0 radical (unpaired) electrons. The van der Waals surface area contributed by atoms with E-state index in [2.05, 4.69) is 15.9 Å². The molecule has 17 heavy (non-hydrogen) atoms. The summed E-state index contributed by atoms with van der Waals surface area (Å²) in [5.41, 5.74) is 2.05. The lowest BCUT2D eigenvalue weighted by Gasteiger charge is -2.10. The maximum absolute atomic E-state index is 12.8. The van der Waals surface area contributed by atoms with Crippen molar-refractivity contribution in [2.75, 3.05) is 0 Å². The zero-order valence-electron chi connectivity index (χ0n) is 9.04. The molecular formula is C14H11BrF2. The second-order valence-electron chi connectivity index (χ2n) is 3.85. The summed E-state index contributed by atoms with van der Waals surface area (Å²) < 4.78 is 25.5. The van der Waals surface area contributed by atoms with E-state index in [1.807, 2.05) is 0 Å². The Kier molecular flexibility index (Phi) is 3.89. The van der Waals surface area contributed by atoms with Gasteiger partial charge in [-0.05, 0) is 41.8 Å². The van der Waals surface area contributed by atoms with E-state index in [0.717, 1.165) is 17.5 Å². The van der Waals surface area contributed by atoms with Gasteiger partial charge in [-0.25, -0.2) is 8.78 Å². The van der Waals surface area contributed by atoms with E-state index >= 15 is 0 Å². The fourth-order valence-corrected chi connectivity index (χ4v) is 2.30. The van der Waals surface area contributed by atoms with Crippen LogP contribution in [0.5, 0.6) is 0 Å². The molecule has 0 aliphatic rings. The second kappa shape index (κ2) is 5.41. The molecular weight excluding hydrogens is 286 g/mol. The molecule has 88 valence electrons. The first-order valence-electron chi connectivity index (χ1n) is 5.29. The van der Waals surface area contributed by atoms with Gasteiger partial charge < -0.3 is 0 Å². The SMILES string of the molecule is Fc1ccc(CC(Br)c2ccc(F)cc2)cc1. The Bertz CT molecular complexity index is 477. The maximum atomic E-state index is 12.8. The van der Waals surface area contributed by atoms with E-state index in [1.165, 1.54) is 24.3 Å². The third-order valence-corrected chi connectivity index (χ3v) is 3.41. The van der Waals surface area contributed by atoms with Gasteiger partial charge in [0.2, 0.25) is 0 Å². The fourth-order valence-electron chi connectivity index (χ4n) is 1.62. The first-order chi connectivity index (χ1) is 8.15. The van der Waals surface area contributed by atoms with E-state index in [9.17, 15) is 8.78 Å². The molecule has 0 aliphatic heterocycles. The summed E-state index contributed by atoms with van der Waals surface area (Å²) >= 11 is 3.55. The predicted octanol–water partition coefficient (Wildman–Crippen LogP) is 4.64. The lowest BCUT2D eigenvalue weighted by atomic mass is 10.0. The quantitative estimate of drug-likeness (QED) is 0.724. The van der Waals surface area contributed by atoms with Gasteiger partial charge in [-0.15, -0.1) is 0 Å². The van der Waals surface area contributed by atoms with Crippen LogP contribution in [0.3, 0.4) is 0 Å². The highest BCUT2D eigenvalue weighted by atomic mass is 79.9. The number of halogens is 3. The van der Waals surface area contributed by atoms with Crippen molar-refractivity contribution in [1.29, 1.82) is 0 Å². The minimum atomic E-state index is -0.241. The third kappa shape index (κ3) is 3.37. The Morgan fingerprint density at radius 1 is 0.824 bits per heavy atom. The lowest BCUT2D eigenvalue weighted by Crippen LogP contribution is -1.95. The van der Waals surface area contributed by atoms with Crippen LogP contribution >= 0.6 is 15.9 Å². The molecule has 2 rings (SSSR count). The van der Waals surface area contributed by atoms with E-state index in [-0.39, 0.29) is 16.5 Å². The summed E-state index contributed by atoms with van der Waals surface area (Å²) in [4.78, 5) is 0.105. The zero-order chi connectivity index (χ0) is 12.3. The van der Waals surface area contributed by atoms with Crippen molar-refractivity contribution < 1.29 is 8.78 Å². The van der Waals surface area contributed by atoms with Crippen molar-refractivity contribution in [3.63, 3.8) is 0 Å². The van der Waals surface area contributed by atoms with Crippen molar-refractivity contribution in [1.82, 2.24) is 0 Å². The van der Waals surface area contributed by atoms with Gasteiger partial charge in [0.05, 0.1) is 0 Å². The molecule has 0 heterocycles. The topological polar surface area (TPSA) is 0 Å². The summed E-state index contributed by atoms with van der Waals surface area (Å²) in [6.07, 6.45) is 0.742. The van der Waals surface area contributed by atoms with Crippen molar-refractivity contribution in [2.45, 2.75) is 11.2 Å². The molecule has 0 amide bonds. The van der Waals surface area contributed by atoms with Crippen LogP contribution in [-0.4, -0.2) is 0 Å². The minimum Gasteiger partial charge on any atom is -0.207 e.